The Bertz CT molecular complexity index is 789. The van der Waals surface area contributed by atoms with Crippen LogP contribution in [0, 0.1) is 6.92 Å². The van der Waals surface area contributed by atoms with E-state index in [-0.39, 0.29) is 0 Å². The van der Waals surface area contributed by atoms with Gasteiger partial charge in [0, 0.05) is 21.7 Å². The Kier molecular flexibility index (Phi) is 3.28. The lowest BCUT2D eigenvalue weighted by Crippen LogP contribution is -1.96. The Labute approximate surface area is 124 Å². The largest absolute Gasteiger partial charge is 0.435 e. The Hall–Kier alpha value is -2.14. The van der Waals surface area contributed by atoms with Crippen LogP contribution in [0.15, 0.2) is 47.1 Å². The van der Waals surface area contributed by atoms with Crippen LogP contribution in [0.3, 0.4) is 0 Å². The van der Waals surface area contributed by atoms with Crippen molar-refractivity contribution in [2.75, 3.05) is 5.73 Å². The van der Waals surface area contributed by atoms with Crippen molar-refractivity contribution < 1.29 is 4.74 Å². The summed E-state index contributed by atoms with van der Waals surface area (Å²) >= 11 is 3.32. The van der Waals surface area contributed by atoms with Gasteiger partial charge >= 0.3 is 0 Å². The van der Waals surface area contributed by atoms with Gasteiger partial charge in [0.25, 0.3) is 0 Å². The molecule has 3 aromatic rings. The SMILES string of the molecule is Cc1ccc2cccc(Oc3ncc(Br)cc3N)c2n1. The minimum absolute atomic E-state index is 0.379. The van der Waals surface area contributed by atoms with Crippen molar-refractivity contribution in [3.05, 3.63) is 52.8 Å². The Balaban J connectivity index is 2.08. The van der Waals surface area contributed by atoms with E-state index in [4.69, 9.17) is 10.5 Å². The number of nitrogen functional groups attached to an aromatic ring is 1. The van der Waals surface area contributed by atoms with Gasteiger partial charge in [-0.3, -0.25) is 0 Å². The fraction of sp³-hybridized carbons (Fsp3) is 0.0667. The van der Waals surface area contributed by atoms with Crippen LogP contribution in [-0.4, -0.2) is 9.97 Å². The third-order valence-electron chi connectivity index (χ3n) is 2.87. The van der Waals surface area contributed by atoms with Gasteiger partial charge in [-0.15, -0.1) is 0 Å². The fourth-order valence-electron chi connectivity index (χ4n) is 1.93. The van der Waals surface area contributed by atoms with Gasteiger partial charge in [-0.25, -0.2) is 9.97 Å². The lowest BCUT2D eigenvalue weighted by molar-refractivity contribution is 0.469. The van der Waals surface area contributed by atoms with E-state index in [1.165, 1.54) is 0 Å². The molecule has 3 rings (SSSR count). The molecule has 20 heavy (non-hydrogen) atoms. The summed E-state index contributed by atoms with van der Waals surface area (Å²) in [6, 6.07) is 11.5. The molecule has 5 heteroatoms. The smallest absolute Gasteiger partial charge is 0.242 e. The number of aryl methyl sites for hydroxylation is 1. The number of fused-ring (bicyclic) bond motifs is 1. The maximum absolute atomic E-state index is 5.91. The minimum Gasteiger partial charge on any atom is -0.435 e. The van der Waals surface area contributed by atoms with Crippen LogP contribution in [0.1, 0.15) is 5.69 Å². The molecule has 0 unspecified atom stereocenters. The number of para-hydroxylation sites is 1. The second kappa shape index (κ2) is 5.09. The first-order valence-corrected chi connectivity index (χ1v) is 6.88. The average molecular weight is 330 g/mol. The predicted molar refractivity (Wildman–Crippen MR) is 82.9 cm³/mol. The number of aromatic nitrogens is 2. The van der Waals surface area contributed by atoms with Crippen LogP contribution in [0.5, 0.6) is 11.6 Å². The van der Waals surface area contributed by atoms with Crippen molar-refractivity contribution in [1.29, 1.82) is 0 Å². The van der Waals surface area contributed by atoms with Gasteiger partial charge < -0.3 is 10.5 Å². The molecule has 2 N–H and O–H groups in total. The van der Waals surface area contributed by atoms with Crippen LogP contribution in [0.2, 0.25) is 0 Å². The zero-order valence-electron chi connectivity index (χ0n) is 10.8. The van der Waals surface area contributed by atoms with Crippen LogP contribution in [0.4, 0.5) is 5.69 Å². The molecule has 0 radical (unpaired) electrons. The summed E-state index contributed by atoms with van der Waals surface area (Å²) in [5.41, 5.74) is 8.12. The molecule has 100 valence electrons. The molecule has 0 atom stereocenters. The molecule has 0 aliphatic heterocycles. The van der Waals surface area contributed by atoms with Gasteiger partial charge in [-0.1, -0.05) is 18.2 Å². The zero-order chi connectivity index (χ0) is 14.1. The molecule has 0 aliphatic carbocycles. The van der Waals surface area contributed by atoms with Gasteiger partial charge in [0.1, 0.15) is 5.52 Å². The summed E-state index contributed by atoms with van der Waals surface area (Å²) in [6.45, 7) is 1.95. The molecule has 0 saturated carbocycles. The van der Waals surface area contributed by atoms with Crippen molar-refractivity contribution in [2.24, 2.45) is 0 Å². The molecule has 0 aliphatic rings. The highest BCUT2D eigenvalue weighted by Crippen LogP contribution is 2.31. The van der Waals surface area contributed by atoms with Crippen LogP contribution >= 0.6 is 15.9 Å². The van der Waals surface area contributed by atoms with Crippen molar-refractivity contribution in [3.8, 4) is 11.6 Å². The van der Waals surface area contributed by atoms with E-state index in [0.29, 0.717) is 17.3 Å². The van der Waals surface area contributed by atoms with E-state index >= 15 is 0 Å². The number of benzene rings is 1. The van der Waals surface area contributed by atoms with E-state index < -0.39 is 0 Å². The first kappa shape index (κ1) is 12.9. The summed E-state index contributed by atoms with van der Waals surface area (Å²) in [4.78, 5) is 8.70. The Morgan fingerprint density at radius 2 is 2.05 bits per heavy atom. The van der Waals surface area contributed by atoms with E-state index in [1.807, 2.05) is 37.3 Å². The standard InChI is InChI=1S/C15H12BrN3O/c1-9-5-6-10-3-2-4-13(14(10)19-9)20-15-12(17)7-11(16)8-18-15/h2-8H,17H2,1H3. The van der Waals surface area contributed by atoms with Crippen LogP contribution < -0.4 is 10.5 Å². The average Bonchev–Trinajstić information content (AvgIpc) is 2.42. The molecule has 0 saturated heterocycles. The van der Waals surface area contributed by atoms with E-state index in [9.17, 15) is 0 Å². The van der Waals surface area contributed by atoms with Gasteiger partial charge in [0.15, 0.2) is 5.75 Å². The highest BCUT2D eigenvalue weighted by molar-refractivity contribution is 9.10. The molecular weight excluding hydrogens is 318 g/mol. The quantitative estimate of drug-likeness (QED) is 0.769. The monoisotopic (exact) mass is 329 g/mol. The van der Waals surface area contributed by atoms with Crippen molar-refractivity contribution in [1.82, 2.24) is 9.97 Å². The maximum Gasteiger partial charge on any atom is 0.242 e. The van der Waals surface area contributed by atoms with Gasteiger partial charge in [-0.2, -0.15) is 0 Å². The molecule has 0 spiro atoms. The van der Waals surface area contributed by atoms with Gasteiger partial charge in [0.2, 0.25) is 5.88 Å². The number of nitrogens with two attached hydrogens (primary N) is 1. The molecule has 2 heterocycles. The lowest BCUT2D eigenvalue weighted by atomic mass is 10.2. The number of anilines is 1. The maximum atomic E-state index is 5.91. The van der Waals surface area contributed by atoms with Crippen LogP contribution in [0.25, 0.3) is 10.9 Å². The molecule has 2 aromatic heterocycles. The normalized spacial score (nSPS) is 10.7. The molecule has 0 bridgehead atoms. The second-order valence-corrected chi connectivity index (χ2v) is 5.35. The van der Waals surface area contributed by atoms with Crippen LogP contribution in [-0.2, 0) is 0 Å². The zero-order valence-corrected chi connectivity index (χ0v) is 12.4. The summed E-state index contributed by atoms with van der Waals surface area (Å²) in [7, 11) is 0. The van der Waals surface area contributed by atoms with Crippen molar-refractivity contribution in [2.45, 2.75) is 6.92 Å². The first-order valence-electron chi connectivity index (χ1n) is 6.09. The van der Waals surface area contributed by atoms with E-state index in [1.54, 1.807) is 12.3 Å². The lowest BCUT2D eigenvalue weighted by Gasteiger charge is -2.09. The third-order valence-corrected chi connectivity index (χ3v) is 3.31. The Morgan fingerprint density at radius 1 is 1.20 bits per heavy atom. The van der Waals surface area contributed by atoms with Gasteiger partial charge in [0.05, 0.1) is 5.69 Å². The van der Waals surface area contributed by atoms with E-state index in [0.717, 1.165) is 21.1 Å². The predicted octanol–water partition coefficient (Wildman–Crippen LogP) is 4.08. The summed E-state index contributed by atoms with van der Waals surface area (Å²) in [6.07, 6.45) is 1.65. The number of rotatable bonds is 2. The van der Waals surface area contributed by atoms with E-state index in [2.05, 4.69) is 25.9 Å². The highest BCUT2D eigenvalue weighted by Gasteiger charge is 2.09. The molecular formula is C15H12BrN3O. The van der Waals surface area contributed by atoms with Crippen molar-refractivity contribution >= 4 is 32.5 Å². The topological polar surface area (TPSA) is 61.0 Å². The molecule has 4 nitrogen and oxygen atoms in total. The second-order valence-electron chi connectivity index (χ2n) is 4.43. The minimum atomic E-state index is 0.379. The number of pyridine rings is 2. The number of ether oxygens (including phenoxy) is 1. The summed E-state index contributed by atoms with van der Waals surface area (Å²) in [5, 5.41) is 1.02. The molecule has 0 amide bonds. The number of nitrogens with zero attached hydrogens (tertiary/aromatic N) is 2. The van der Waals surface area contributed by atoms with Crippen molar-refractivity contribution in [3.63, 3.8) is 0 Å². The summed E-state index contributed by atoms with van der Waals surface area (Å²) in [5.74, 6) is 1.02. The number of hydrogen-bond donors (Lipinski definition) is 1. The molecule has 0 fully saturated rings. The third kappa shape index (κ3) is 2.44. The number of hydrogen-bond acceptors (Lipinski definition) is 4. The molecule has 1 aromatic carbocycles. The first-order chi connectivity index (χ1) is 9.63. The fourth-order valence-corrected chi connectivity index (χ4v) is 2.28. The Morgan fingerprint density at radius 3 is 2.85 bits per heavy atom. The number of halogens is 1. The van der Waals surface area contributed by atoms with Gasteiger partial charge in [-0.05, 0) is 41.1 Å². The summed E-state index contributed by atoms with van der Waals surface area (Å²) < 4.78 is 6.63. The highest BCUT2D eigenvalue weighted by atomic mass is 79.9.